The van der Waals surface area contributed by atoms with Gasteiger partial charge in [0.2, 0.25) is 0 Å². The van der Waals surface area contributed by atoms with Crippen LogP contribution in [0.5, 0.6) is 0 Å². The first-order valence-electron chi connectivity index (χ1n) is 11.7. The number of nitrogens with zero attached hydrogens (tertiary/aromatic N) is 2. The SMILES string of the molecule is COC1=CC(O)C(C2N=C(OC)NC(C3CC4=C(CCCC4)C4C=CC=CC43)=N2)C(O)C1. The predicted octanol–water partition coefficient (Wildman–Crippen LogP) is 2.84. The normalized spacial score (nSPS) is 38.6. The minimum atomic E-state index is -0.895. The lowest BCUT2D eigenvalue weighted by molar-refractivity contribution is 0.000532. The molecule has 3 N–H and O–H groups in total. The monoisotopic (exact) mass is 439 g/mol. The number of fused-ring (bicyclic) bond motifs is 2. The van der Waals surface area contributed by atoms with E-state index in [-0.39, 0.29) is 5.92 Å². The second-order valence-electron chi connectivity index (χ2n) is 9.39. The largest absolute Gasteiger partial charge is 0.501 e. The summed E-state index contributed by atoms with van der Waals surface area (Å²) in [6.07, 6.45) is 14.5. The maximum Gasteiger partial charge on any atom is 0.292 e. The van der Waals surface area contributed by atoms with Crippen LogP contribution in [-0.2, 0) is 9.47 Å². The quantitative estimate of drug-likeness (QED) is 0.588. The third-order valence-electron chi connectivity index (χ3n) is 7.65. The smallest absolute Gasteiger partial charge is 0.292 e. The van der Waals surface area contributed by atoms with Gasteiger partial charge in [0.25, 0.3) is 6.02 Å². The first-order chi connectivity index (χ1) is 15.6. The molecule has 1 aliphatic heterocycles. The number of rotatable bonds is 3. The molecule has 0 bridgehead atoms. The van der Waals surface area contributed by atoms with Gasteiger partial charge in [0, 0.05) is 18.3 Å². The van der Waals surface area contributed by atoms with Crippen LogP contribution < -0.4 is 5.32 Å². The first kappa shape index (κ1) is 21.5. The molecule has 7 nitrogen and oxygen atoms in total. The maximum absolute atomic E-state index is 10.8. The molecule has 7 unspecified atom stereocenters. The van der Waals surface area contributed by atoms with Gasteiger partial charge in [0.1, 0.15) is 5.84 Å². The molecule has 0 spiro atoms. The Bertz CT molecular complexity index is 931. The highest BCUT2D eigenvalue weighted by molar-refractivity contribution is 6.00. The van der Waals surface area contributed by atoms with E-state index in [9.17, 15) is 10.2 Å². The Morgan fingerprint density at radius 1 is 1.00 bits per heavy atom. The summed E-state index contributed by atoms with van der Waals surface area (Å²) >= 11 is 0. The van der Waals surface area contributed by atoms with Gasteiger partial charge in [-0.05, 0) is 44.1 Å². The average molecular weight is 440 g/mol. The van der Waals surface area contributed by atoms with E-state index >= 15 is 0 Å². The fraction of sp³-hybridized carbons (Fsp3) is 0.600. The fourth-order valence-electron chi connectivity index (χ4n) is 6.06. The lowest BCUT2D eigenvalue weighted by atomic mass is 9.64. The average Bonchev–Trinajstić information content (AvgIpc) is 2.82. The first-order valence-corrected chi connectivity index (χ1v) is 11.7. The van der Waals surface area contributed by atoms with Crippen molar-refractivity contribution in [3.8, 4) is 0 Å². The van der Waals surface area contributed by atoms with E-state index in [1.807, 2.05) is 0 Å². The van der Waals surface area contributed by atoms with Crippen molar-refractivity contribution in [2.75, 3.05) is 14.2 Å². The van der Waals surface area contributed by atoms with Crippen LogP contribution in [0.15, 0.2) is 57.3 Å². The van der Waals surface area contributed by atoms with E-state index < -0.39 is 24.3 Å². The van der Waals surface area contributed by atoms with E-state index in [1.54, 1.807) is 31.4 Å². The summed E-state index contributed by atoms with van der Waals surface area (Å²) in [5, 5.41) is 24.8. The van der Waals surface area contributed by atoms with E-state index in [0.29, 0.717) is 30.0 Å². The van der Waals surface area contributed by atoms with Crippen LogP contribution in [0.1, 0.15) is 38.5 Å². The summed E-state index contributed by atoms with van der Waals surface area (Å²) in [5.74, 6) is 1.81. The van der Waals surface area contributed by atoms with Crippen molar-refractivity contribution in [1.29, 1.82) is 0 Å². The number of allylic oxidation sites excluding steroid dienone is 6. The van der Waals surface area contributed by atoms with Gasteiger partial charge < -0.3 is 19.7 Å². The molecule has 0 aromatic heterocycles. The Morgan fingerprint density at radius 3 is 2.59 bits per heavy atom. The highest BCUT2D eigenvalue weighted by Gasteiger charge is 2.43. The minimum Gasteiger partial charge on any atom is -0.501 e. The molecule has 172 valence electrons. The van der Waals surface area contributed by atoms with Crippen LogP contribution in [0, 0.1) is 23.7 Å². The third kappa shape index (κ3) is 3.82. The zero-order chi connectivity index (χ0) is 22.2. The summed E-state index contributed by atoms with van der Waals surface area (Å²) in [5.41, 5.74) is 3.21. The second-order valence-corrected chi connectivity index (χ2v) is 9.39. The van der Waals surface area contributed by atoms with Crippen molar-refractivity contribution in [3.05, 3.63) is 47.3 Å². The van der Waals surface area contributed by atoms with E-state index in [0.717, 1.165) is 12.3 Å². The Labute approximate surface area is 189 Å². The summed E-state index contributed by atoms with van der Waals surface area (Å²) < 4.78 is 10.7. The summed E-state index contributed by atoms with van der Waals surface area (Å²) in [6, 6.07) is 0.385. The number of aliphatic hydroxyl groups is 2. The van der Waals surface area contributed by atoms with Crippen LogP contribution in [-0.4, -0.2) is 54.7 Å². The Hall–Kier alpha value is -2.38. The highest BCUT2D eigenvalue weighted by atomic mass is 16.5. The molecule has 7 atom stereocenters. The molecule has 1 heterocycles. The number of amidine groups is 2. The van der Waals surface area contributed by atoms with Gasteiger partial charge in [-0.3, -0.25) is 5.32 Å². The van der Waals surface area contributed by atoms with Crippen molar-refractivity contribution in [3.63, 3.8) is 0 Å². The molecule has 7 heteroatoms. The maximum atomic E-state index is 10.8. The minimum absolute atomic E-state index is 0.184. The summed E-state index contributed by atoms with van der Waals surface area (Å²) in [7, 11) is 3.13. The van der Waals surface area contributed by atoms with Gasteiger partial charge in [-0.1, -0.05) is 35.5 Å². The number of hydrogen-bond donors (Lipinski definition) is 3. The Balaban J connectivity index is 1.48. The van der Waals surface area contributed by atoms with Gasteiger partial charge in [0.15, 0.2) is 6.17 Å². The molecule has 5 aliphatic rings. The molecule has 0 radical (unpaired) electrons. The van der Waals surface area contributed by atoms with Crippen LogP contribution >= 0.6 is 0 Å². The molecule has 4 aliphatic carbocycles. The van der Waals surface area contributed by atoms with Crippen molar-refractivity contribution in [1.82, 2.24) is 5.32 Å². The van der Waals surface area contributed by atoms with Crippen LogP contribution in [0.25, 0.3) is 0 Å². The topological polar surface area (TPSA) is 95.7 Å². The van der Waals surface area contributed by atoms with E-state index in [1.165, 1.54) is 25.7 Å². The number of aliphatic hydroxyl groups excluding tert-OH is 2. The summed E-state index contributed by atoms with van der Waals surface area (Å²) in [4.78, 5) is 9.54. The molecule has 0 saturated heterocycles. The van der Waals surface area contributed by atoms with Crippen molar-refractivity contribution in [2.24, 2.45) is 33.7 Å². The zero-order valence-electron chi connectivity index (χ0n) is 18.8. The molecule has 0 saturated carbocycles. The molecule has 5 rings (SSSR count). The molecular weight excluding hydrogens is 406 g/mol. The molecule has 0 amide bonds. The van der Waals surface area contributed by atoms with Gasteiger partial charge in [0.05, 0.1) is 38.1 Å². The third-order valence-corrected chi connectivity index (χ3v) is 7.65. The molecule has 0 aromatic carbocycles. The summed E-state index contributed by atoms with van der Waals surface area (Å²) in [6.45, 7) is 0. The van der Waals surface area contributed by atoms with Crippen molar-refractivity contribution >= 4 is 11.9 Å². The number of hydrogen-bond acceptors (Lipinski definition) is 7. The van der Waals surface area contributed by atoms with Gasteiger partial charge in [-0.2, -0.15) is 0 Å². The zero-order valence-corrected chi connectivity index (χ0v) is 18.8. The second kappa shape index (κ2) is 8.87. The molecule has 0 fully saturated rings. The van der Waals surface area contributed by atoms with E-state index in [4.69, 9.17) is 14.5 Å². The number of aliphatic imine (C=N–C) groups is 2. The van der Waals surface area contributed by atoms with Crippen molar-refractivity contribution < 1.29 is 19.7 Å². The van der Waals surface area contributed by atoms with Gasteiger partial charge >= 0.3 is 0 Å². The molecule has 32 heavy (non-hydrogen) atoms. The van der Waals surface area contributed by atoms with Crippen LogP contribution in [0.3, 0.4) is 0 Å². The van der Waals surface area contributed by atoms with Crippen LogP contribution in [0.4, 0.5) is 0 Å². The number of ether oxygens (including phenoxy) is 2. The van der Waals surface area contributed by atoms with Gasteiger partial charge in [-0.15, -0.1) is 0 Å². The lowest BCUT2D eigenvalue weighted by Gasteiger charge is -2.43. The fourth-order valence-corrected chi connectivity index (χ4v) is 6.06. The molecular formula is C25H33N3O4. The number of nitrogens with one attached hydrogen (secondary N) is 1. The Morgan fingerprint density at radius 2 is 1.81 bits per heavy atom. The van der Waals surface area contributed by atoms with Crippen molar-refractivity contribution in [2.45, 2.75) is 56.9 Å². The van der Waals surface area contributed by atoms with E-state index in [2.05, 4.69) is 34.6 Å². The predicted molar refractivity (Wildman–Crippen MR) is 123 cm³/mol. The van der Waals surface area contributed by atoms with Gasteiger partial charge in [-0.25, -0.2) is 9.98 Å². The number of methoxy groups -OCH3 is 2. The standard InChI is InChI=1S/C25H33N3O4/c1-31-15-12-20(29)22(21(30)13-15)24-26-23(27-25(28-24)32-2)19-11-14-7-3-4-8-16(14)17-9-5-6-10-18(17)19/h5-6,9-10,12,17-22,24,29-30H,3-4,7-8,11,13H2,1-2H3,(H,26,27,28). The van der Waals surface area contributed by atoms with Crippen LogP contribution in [0.2, 0.25) is 0 Å². The lowest BCUT2D eigenvalue weighted by Crippen LogP contribution is -2.50. The Kier molecular flexibility index (Phi) is 5.95. The highest BCUT2D eigenvalue weighted by Crippen LogP contribution is 2.47. The molecule has 0 aromatic rings.